The highest BCUT2D eigenvalue weighted by atomic mass is 79.9. The van der Waals surface area contributed by atoms with Crippen molar-refractivity contribution in [2.24, 2.45) is 5.92 Å². The summed E-state index contributed by atoms with van der Waals surface area (Å²) in [6, 6.07) is 5.35. The molecule has 1 nitrogen and oxygen atoms in total. The van der Waals surface area contributed by atoms with Crippen LogP contribution < -0.4 is 5.32 Å². The van der Waals surface area contributed by atoms with Crippen LogP contribution in [-0.2, 0) is 6.54 Å². The van der Waals surface area contributed by atoms with E-state index in [-0.39, 0.29) is 5.82 Å². The molecule has 0 aromatic heterocycles. The molecule has 0 heterocycles. The van der Waals surface area contributed by atoms with Gasteiger partial charge in [0.1, 0.15) is 5.82 Å². The van der Waals surface area contributed by atoms with Crippen LogP contribution in [0, 0.1) is 18.7 Å². The third-order valence-electron chi connectivity index (χ3n) is 2.84. The van der Waals surface area contributed by atoms with Gasteiger partial charge in [-0.05, 0) is 36.1 Å². The Labute approximate surface area is 106 Å². The fraction of sp³-hybridized carbons (Fsp3) is 0.538. The Morgan fingerprint density at radius 3 is 2.62 bits per heavy atom. The van der Waals surface area contributed by atoms with E-state index in [1.807, 2.05) is 13.0 Å². The van der Waals surface area contributed by atoms with Crippen molar-refractivity contribution >= 4 is 15.9 Å². The van der Waals surface area contributed by atoms with Crippen LogP contribution in [-0.4, -0.2) is 11.4 Å². The number of rotatable bonds is 5. The quantitative estimate of drug-likeness (QED) is 0.816. The van der Waals surface area contributed by atoms with Gasteiger partial charge in [-0.1, -0.05) is 35.8 Å². The monoisotopic (exact) mass is 287 g/mol. The summed E-state index contributed by atoms with van der Waals surface area (Å²) in [5.41, 5.74) is 2.16. The second-order valence-electron chi connectivity index (χ2n) is 4.46. The normalized spacial score (nSPS) is 13.1. The minimum atomic E-state index is -0.165. The number of aryl methyl sites for hydroxylation is 1. The van der Waals surface area contributed by atoms with Crippen LogP contribution in [0.5, 0.6) is 0 Å². The van der Waals surface area contributed by atoms with Gasteiger partial charge >= 0.3 is 0 Å². The molecule has 1 aromatic rings. The van der Waals surface area contributed by atoms with E-state index in [2.05, 4.69) is 35.1 Å². The molecule has 0 aliphatic heterocycles. The lowest BCUT2D eigenvalue weighted by molar-refractivity contribution is 0.433. The second kappa shape index (κ2) is 6.36. The molecule has 0 radical (unpaired) electrons. The predicted octanol–water partition coefficient (Wildman–Crippen LogP) is 3.64. The van der Waals surface area contributed by atoms with Crippen LogP contribution in [0.25, 0.3) is 0 Å². The van der Waals surface area contributed by atoms with Gasteiger partial charge in [0.15, 0.2) is 0 Å². The van der Waals surface area contributed by atoms with Gasteiger partial charge in [-0.3, -0.25) is 0 Å². The molecule has 1 unspecified atom stereocenters. The number of benzene rings is 1. The molecule has 0 saturated carbocycles. The van der Waals surface area contributed by atoms with Gasteiger partial charge in [0, 0.05) is 17.9 Å². The van der Waals surface area contributed by atoms with Crippen molar-refractivity contribution in [1.29, 1.82) is 0 Å². The van der Waals surface area contributed by atoms with Gasteiger partial charge in [-0.15, -0.1) is 0 Å². The average Bonchev–Trinajstić information content (AvgIpc) is 2.23. The summed E-state index contributed by atoms with van der Waals surface area (Å²) >= 11 is 3.49. The predicted molar refractivity (Wildman–Crippen MR) is 70.4 cm³/mol. The molecule has 1 rings (SSSR count). The van der Waals surface area contributed by atoms with Gasteiger partial charge in [-0.25, -0.2) is 4.39 Å². The van der Waals surface area contributed by atoms with E-state index in [4.69, 9.17) is 0 Å². The van der Waals surface area contributed by atoms with Gasteiger partial charge in [0.25, 0.3) is 0 Å². The number of alkyl halides is 1. The Kier molecular flexibility index (Phi) is 5.42. The van der Waals surface area contributed by atoms with Gasteiger partial charge in [-0.2, -0.15) is 0 Å². The Morgan fingerprint density at radius 2 is 2.06 bits per heavy atom. The molecule has 1 atom stereocenters. The molecular weight excluding hydrogens is 269 g/mol. The second-order valence-corrected chi connectivity index (χ2v) is 5.10. The minimum Gasteiger partial charge on any atom is -0.309 e. The van der Waals surface area contributed by atoms with Crippen LogP contribution in [0.3, 0.4) is 0 Å². The van der Waals surface area contributed by atoms with Crippen molar-refractivity contribution in [3.05, 3.63) is 35.1 Å². The van der Waals surface area contributed by atoms with Crippen molar-refractivity contribution in [1.82, 2.24) is 5.32 Å². The zero-order valence-electron chi connectivity index (χ0n) is 10.1. The highest BCUT2D eigenvalue weighted by molar-refractivity contribution is 9.09. The van der Waals surface area contributed by atoms with Crippen LogP contribution in [0.2, 0.25) is 0 Å². The van der Waals surface area contributed by atoms with Crippen molar-refractivity contribution in [2.45, 2.75) is 33.4 Å². The average molecular weight is 288 g/mol. The lowest BCUT2D eigenvalue weighted by Gasteiger charge is -2.20. The molecule has 0 amide bonds. The Hall–Kier alpha value is -0.410. The third-order valence-corrected chi connectivity index (χ3v) is 3.53. The molecule has 0 bridgehead atoms. The first-order valence-electron chi connectivity index (χ1n) is 5.59. The molecule has 90 valence electrons. The van der Waals surface area contributed by atoms with Crippen molar-refractivity contribution in [2.75, 3.05) is 5.33 Å². The van der Waals surface area contributed by atoms with E-state index >= 15 is 0 Å². The van der Waals surface area contributed by atoms with Crippen LogP contribution in [0.1, 0.15) is 25.0 Å². The number of nitrogens with one attached hydrogen (secondary N) is 1. The molecular formula is C13H19BrFN. The van der Waals surface area contributed by atoms with E-state index < -0.39 is 0 Å². The first-order chi connectivity index (χ1) is 7.54. The molecule has 3 heteroatoms. The zero-order valence-corrected chi connectivity index (χ0v) is 11.6. The Balaban J connectivity index is 2.63. The SMILES string of the molecule is Cc1ccc(F)cc1CNC(CBr)C(C)C. The zero-order chi connectivity index (χ0) is 12.1. The molecule has 0 fully saturated rings. The topological polar surface area (TPSA) is 12.0 Å². The molecule has 1 N–H and O–H groups in total. The summed E-state index contributed by atoms with van der Waals surface area (Å²) in [5.74, 6) is 0.399. The molecule has 1 aromatic carbocycles. The number of halogens is 2. The van der Waals surface area contributed by atoms with E-state index in [1.165, 1.54) is 6.07 Å². The van der Waals surface area contributed by atoms with E-state index in [0.29, 0.717) is 12.0 Å². The summed E-state index contributed by atoms with van der Waals surface area (Å²) in [4.78, 5) is 0. The molecule has 0 aliphatic carbocycles. The molecule has 0 saturated heterocycles. The highest BCUT2D eigenvalue weighted by Crippen LogP contribution is 2.12. The van der Waals surface area contributed by atoms with E-state index in [1.54, 1.807) is 6.07 Å². The van der Waals surface area contributed by atoms with Crippen molar-refractivity contribution in [3.8, 4) is 0 Å². The van der Waals surface area contributed by atoms with Crippen LogP contribution in [0.15, 0.2) is 18.2 Å². The third kappa shape index (κ3) is 3.87. The van der Waals surface area contributed by atoms with E-state index in [0.717, 1.165) is 23.0 Å². The minimum absolute atomic E-state index is 0.165. The maximum absolute atomic E-state index is 13.1. The largest absolute Gasteiger partial charge is 0.309 e. The summed E-state index contributed by atoms with van der Waals surface area (Å²) in [6.07, 6.45) is 0. The lowest BCUT2D eigenvalue weighted by Crippen LogP contribution is -2.34. The summed E-state index contributed by atoms with van der Waals surface area (Å²) in [6.45, 7) is 7.09. The van der Waals surface area contributed by atoms with Crippen molar-refractivity contribution < 1.29 is 4.39 Å². The van der Waals surface area contributed by atoms with Gasteiger partial charge < -0.3 is 5.32 Å². The molecule has 0 spiro atoms. The first-order valence-corrected chi connectivity index (χ1v) is 6.71. The maximum Gasteiger partial charge on any atom is 0.123 e. The first kappa shape index (κ1) is 13.7. The molecule has 0 aliphatic rings. The van der Waals surface area contributed by atoms with Crippen LogP contribution in [0.4, 0.5) is 4.39 Å². The fourth-order valence-corrected chi connectivity index (χ4v) is 2.52. The summed E-state index contributed by atoms with van der Waals surface area (Å²) in [5, 5.41) is 4.36. The van der Waals surface area contributed by atoms with Gasteiger partial charge in [0.2, 0.25) is 0 Å². The van der Waals surface area contributed by atoms with Crippen molar-refractivity contribution in [3.63, 3.8) is 0 Å². The van der Waals surface area contributed by atoms with Gasteiger partial charge in [0.05, 0.1) is 0 Å². The number of hydrogen-bond donors (Lipinski definition) is 1. The van der Waals surface area contributed by atoms with Crippen LogP contribution >= 0.6 is 15.9 Å². The summed E-state index contributed by atoms with van der Waals surface area (Å²) < 4.78 is 13.1. The molecule has 16 heavy (non-hydrogen) atoms. The smallest absolute Gasteiger partial charge is 0.123 e. The fourth-order valence-electron chi connectivity index (χ4n) is 1.54. The lowest BCUT2D eigenvalue weighted by atomic mass is 10.0. The maximum atomic E-state index is 13.1. The van der Waals surface area contributed by atoms with E-state index in [9.17, 15) is 4.39 Å². The summed E-state index contributed by atoms with van der Waals surface area (Å²) in [7, 11) is 0. The standard InChI is InChI=1S/C13H19BrFN/c1-9(2)13(7-14)16-8-11-6-12(15)5-4-10(11)3/h4-6,9,13,16H,7-8H2,1-3H3. The highest BCUT2D eigenvalue weighted by Gasteiger charge is 2.11. The Bertz CT molecular complexity index is 339. The Morgan fingerprint density at radius 1 is 1.38 bits per heavy atom. The number of hydrogen-bond acceptors (Lipinski definition) is 1.